The average Bonchev–Trinajstić information content (AvgIpc) is 3.88. The van der Waals surface area contributed by atoms with Crippen LogP contribution in [0.2, 0.25) is 5.02 Å². The van der Waals surface area contributed by atoms with Crippen molar-refractivity contribution >= 4 is 63.4 Å². The third-order valence-electron chi connectivity index (χ3n) is 10.5. The molecule has 1 aliphatic heterocycles. The number of amides is 3. The molecule has 1 aliphatic rings. The molecule has 5 heterocycles. The van der Waals surface area contributed by atoms with Gasteiger partial charge < -0.3 is 40.9 Å². The highest BCUT2D eigenvalue weighted by Crippen LogP contribution is 2.39. The molecule has 0 aliphatic carbocycles. The van der Waals surface area contributed by atoms with Crippen LogP contribution in [0, 0.1) is 20.8 Å². The van der Waals surface area contributed by atoms with Crippen LogP contribution in [0.3, 0.4) is 0 Å². The van der Waals surface area contributed by atoms with Crippen molar-refractivity contribution in [2.24, 2.45) is 4.99 Å². The van der Waals surface area contributed by atoms with E-state index in [9.17, 15) is 19.2 Å². The van der Waals surface area contributed by atoms with E-state index in [-0.39, 0.29) is 94.8 Å². The van der Waals surface area contributed by atoms with Gasteiger partial charge in [-0.3, -0.25) is 28.5 Å². The van der Waals surface area contributed by atoms with Gasteiger partial charge in [-0.2, -0.15) is 9.97 Å². The Morgan fingerprint density at radius 2 is 1.56 bits per heavy atom. The van der Waals surface area contributed by atoms with E-state index in [0.717, 1.165) is 43.4 Å². The fourth-order valence-corrected chi connectivity index (χ4v) is 8.36. The summed E-state index contributed by atoms with van der Waals surface area (Å²) < 4.78 is 19.6. The molecule has 0 radical (unpaired) electrons. The Morgan fingerprint density at radius 3 is 2.28 bits per heavy atom. The number of aromatic nitrogens is 7. The molecule has 6 aromatic rings. The van der Waals surface area contributed by atoms with Crippen molar-refractivity contribution in [1.82, 2.24) is 50.2 Å². The molecule has 7 rings (SSSR count). The molecule has 0 bridgehead atoms. The van der Waals surface area contributed by atoms with Crippen molar-refractivity contribution in [3.63, 3.8) is 0 Å². The number of nitrogens with zero attached hydrogens (tertiary/aromatic N) is 7. The van der Waals surface area contributed by atoms with E-state index in [1.54, 1.807) is 18.4 Å². The molecular formula is C43H49ClN12O7S. The lowest BCUT2D eigenvalue weighted by Crippen LogP contribution is -2.31. The van der Waals surface area contributed by atoms with Crippen molar-refractivity contribution in [3.8, 4) is 11.0 Å². The number of methoxy groups -OCH3 is 1. The number of rotatable bonds is 20. The first-order valence-electron chi connectivity index (χ1n) is 20.6. The monoisotopic (exact) mass is 912 g/mol. The molecule has 64 heavy (non-hydrogen) atoms. The molecule has 21 heteroatoms. The predicted octanol–water partition coefficient (Wildman–Crippen LogP) is 3.62. The van der Waals surface area contributed by atoms with Crippen LogP contribution in [-0.2, 0) is 36.9 Å². The number of nitrogens with two attached hydrogens (primary N) is 1. The van der Waals surface area contributed by atoms with Crippen LogP contribution in [0.5, 0.6) is 6.01 Å². The van der Waals surface area contributed by atoms with Gasteiger partial charge in [0.15, 0.2) is 17.3 Å². The van der Waals surface area contributed by atoms with Gasteiger partial charge in [0.05, 0.1) is 38.5 Å². The van der Waals surface area contributed by atoms with Crippen LogP contribution in [-0.4, -0.2) is 104 Å². The molecular weight excluding hydrogens is 864 g/mol. The fourth-order valence-electron chi connectivity index (χ4n) is 7.02. The van der Waals surface area contributed by atoms with Crippen molar-refractivity contribution in [2.45, 2.75) is 59.2 Å². The first-order valence-corrected chi connectivity index (χ1v) is 21.8. The van der Waals surface area contributed by atoms with E-state index in [1.165, 1.54) is 4.57 Å². The molecule has 19 nitrogen and oxygen atoms in total. The normalized spacial score (nSPS) is 13.2. The molecule has 0 fully saturated rings. The minimum atomic E-state index is -0.590. The molecule has 0 saturated heterocycles. The van der Waals surface area contributed by atoms with E-state index in [1.807, 2.05) is 60.0 Å². The molecule has 3 amide bonds. The molecule has 336 valence electrons. The number of aryl methyl sites for hydroxylation is 2. The number of carbonyl (C=O) groups excluding carboxylic acids is 3. The summed E-state index contributed by atoms with van der Waals surface area (Å²) >= 11 is 7.86. The van der Waals surface area contributed by atoms with Gasteiger partial charge in [0.1, 0.15) is 29.0 Å². The highest BCUT2D eigenvalue weighted by molar-refractivity contribution is 7.15. The largest absolute Gasteiger partial charge is 0.461 e. The number of fused-ring (bicyclic) bond motifs is 4. The van der Waals surface area contributed by atoms with E-state index >= 15 is 0 Å². The van der Waals surface area contributed by atoms with Crippen molar-refractivity contribution in [2.75, 3.05) is 52.4 Å². The number of hydrogen-bond donors (Lipinski definition) is 5. The summed E-state index contributed by atoms with van der Waals surface area (Å²) in [6.45, 7) is 8.05. The number of ether oxygens (including phenoxy) is 3. The molecule has 0 spiro atoms. The Hall–Kier alpha value is -6.48. The maximum Gasteiger partial charge on any atom is 0.328 e. The van der Waals surface area contributed by atoms with Crippen LogP contribution in [0.4, 0.5) is 5.82 Å². The molecule has 0 saturated carbocycles. The zero-order valence-corrected chi connectivity index (χ0v) is 37.4. The summed E-state index contributed by atoms with van der Waals surface area (Å²) in [5.41, 5.74) is 11.7. The number of carbonyl (C=O) groups is 3. The summed E-state index contributed by atoms with van der Waals surface area (Å²) in [6, 6.07) is 14.3. The fraction of sp³-hybridized carbons (Fsp3) is 0.372. The van der Waals surface area contributed by atoms with E-state index in [2.05, 4.69) is 54.9 Å². The standard InChI is InChI=1S/C43H49ClN12O7S/c1-24-25(2)64-41-35(24)36(29-9-11-30(44)12-10-29)49-31(39-54-53-26(3)56(39)41)21-34(59)47-16-18-62-17-15-46-32(57)13-14-33(58)48-22-27-5-7-28(8-6-27)23-55-40-37(50-43(55)60)38(45)51-42(52-40)63-20-19-61-4/h5-12,31H,13-23H2,1-4H3,(H,46,57)(H,47,59)(H,48,58)(H,50,60)(H2,45,51,52)/t31-/m0/s1. The second-order valence-corrected chi connectivity index (χ2v) is 16.6. The Labute approximate surface area is 376 Å². The predicted molar refractivity (Wildman–Crippen MR) is 241 cm³/mol. The number of thiophene rings is 1. The first kappa shape index (κ1) is 45.5. The summed E-state index contributed by atoms with van der Waals surface area (Å²) in [6.07, 6.45) is 0.0734. The third-order valence-corrected chi connectivity index (χ3v) is 11.9. The Balaban J connectivity index is 0.801. The lowest BCUT2D eigenvalue weighted by Gasteiger charge is -2.13. The number of halogens is 1. The van der Waals surface area contributed by atoms with Gasteiger partial charge >= 0.3 is 11.7 Å². The van der Waals surface area contributed by atoms with Crippen molar-refractivity contribution < 1.29 is 28.6 Å². The number of anilines is 1. The summed E-state index contributed by atoms with van der Waals surface area (Å²) in [5.74, 6) is 0.623. The number of aliphatic imine (C=N–C) groups is 1. The second kappa shape index (κ2) is 20.8. The van der Waals surface area contributed by atoms with Gasteiger partial charge in [-0.25, -0.2) is 4.79 Å². The molecule has 0 unspecified atom stereocenters. The zero-order chi connectivity index (χ0) is 45.3. The SMILES string of the molecule is COCCOc1nc(N)c2[nH]c(=O)n(Cc3ccc(CNC(=O)CCC(=O)NCCOCCNC(=O)C[C@@H]4N=C(c5ccc(Cl)cc5)c5c(sc(C)c5C)-n5c(C)nnc54)cc3)c2n1. The minimum absolute atomic E-state index is 0.0106. The van der Waals surface area contributed by atoms with Gasteiger partial charge in [-0.05, 0) is 49.6 Å². The van der Waals surface area contributed by atoms with Gasteiger partial charge in [-0.1, -0.05) is 48.0 Å². The number of hydrogen-bond acceptors (Lipinski definition) is 14. The minimum Gasteiger partial charge on any atom is -0.461 e. The second-order valence-electron chi connectivity index (χ2n) is 15.0. The van der Waals surface area contributed by atoms with Gasteiger partial charge in [0.2, 0.25) is 17.7 Å². The first-order chi connectivity index (χ1) is 30.9. The van der Waals surface area contributed by atoms with Crippen LogP contribution in [0.15, 0.2) is 58.3 Å². The number of H-pyrrole nitrogens is 1. The molecule has 2 aromatic carbocycles. The van der Waals surface area contributed by atoms with E-state index < -0.39 is 11.7 Å². The number of aromatic amines is 1. The number of imidazole rings is 1. The van der Waals surface area contributed by atoms with Crippen LogP contribution in [0.1, 0.15) is 69.6 Å². The van der Waals surface area contributed by atoms with E-state index in [0.29, 0.717) is 34.4 Å². The smallest absolute Gasteiger partial charge is 0.328 e. The number of nitrogens with one attached hydrogen (secondary N) is 4. The van der Waals surface area contributed by atoms with Gasteiger partial charge in [0.25, 0.3) is 0 Å². The van der Waals surface area contributed by atoms with Crippen molar-refractivity contribution in [3.05, 3.63) is 108 Å². The lowest BCUT2D eigenvalue weighted by atomic mass is 9.99. The van der Waals surface area contributed by atoms with Crippen molar-refractivity contribution in [1.29, 1.82) is 0 Å². The summed E-state index contributed by atoms with van der Waals surface area (Å²) in [5, 5.41) is 18.9. The van der Waals surface area contributed by atoms with Gasteiger partial charge in [-0.15, -0.1) is 21.5 Å². The highest BCUT2D eigenvalue weighted by Gasteiger charge is 2.32. The number of benzene rings is 2. The van der Waals surface area contributed by atoms with E-state index in [4.69, 9.17) is 36.5 Å². The molecule has 6 N–H and O–H groups in total. The molecule has 1 atom stereocenters. The highest BCUT2D eigenvalue weighted by atomic mass is 35.5. The Kier molecular flexibility index (Phi) is 14.8. The average molecular weight is 913 g/mol. The summed E-state index contributed by atoms with van der Waals surface area (Å²) in [7, 11) is 1.55. The van der Waals surface area contributed by atoms with Crippen LogP contribution < -0.4 is 32.1 Å². The number of nitrogen functional groups attached to an aromatic ring is 1. The Morgan fingerprint density at radius 1 is 0.875 bits per heavy atom. The summed E-state index contributed by atoms with van der Waals surface area (Å²) in [4.78, 5) is 68.3. The quantitative estimate of drug-likeness (QED) is 0.0690. The van der Waals surface area contributed by atoms with Crippen LogP contribution >= 0.6 is 22.9 Å². The van der Waals surface area contributed by atoms with Crippen LogP contribution in [0.25, 0.3) is 16.2 Å². The zero-order valence-electron chi connectivity index (χ0n) is 35.8. The maximum atomic E-state index is 13.2. The molecule has 4 aromatic heterocycles. The maximum absolute atomic E-state index is 13.2. The third kappa shape index (κ3) is 10.8. The topological polar surface area (TPSA) is 248 Å². The Bertz CT molecular complexity index is 2730. The lowest BCUT2D eigenvalue weighted by molar-refractivity contribution is -0.126. The van der Waals surface area contributed by atoms with Gasteiger partial charge in [0, 0.05) is 60.6 Å².